The van der Waals surface area contributed by atoms with Crippen molar-refractivity contribution in [1.82, 2.24) is 0 Å². The van der Waals surface area contributed by atoms with Crippen molar-refractivity contribution in [3.63, 3.8) is 0 Å². The molecule has 0 N–H and O–H groups in total. The molecule has 0 saturated heterocycles. The van der Waals surface area contributed by atoms with Crippen molar-refractivity contribution in [2.24, 2.45) is 0 Å². The largest absolute Gasteiger partial charge is 0.300 e. The summed E-state index contributed by atoms with van der Waals surface area (Å²) < 4.78 is 0. The van der Waals surface area contributed by atoms with E-state index in [1.165, 1.54) is 0 Å². The molecule has 0 amide bonds. The lowest BCUT2D eigenvalue weighted by molar-refractivity contribution is -0.127. The number of rotatable bonds is 11. The first kappa shape index (κ1) is 16.0. The van der Waals surface area contributed by atoms with Crippen molar-refractivity contribution in [3.05, 3.63) is 0 Å². The molecule has 3 nitrogen and oxygen atoms in total. The first-order valence-corrected chi connectivity index (χ1v) is 6.59. The van der Waals surface area contributed by atoms with Crippen LogP contribution in [-0.4, -0.2) is 17.3 Å². The highest BCUT2D eigenvalue weighted by Gasteiger charge is 2.08. The number of carbonyl (C=O) groups is 3. The van der Waals surface area contributed by atoms with Crippen LogP contribution in [0.15, 0.2) is 0 Å². The molecule has 0 heterocycles. The van der Waals surface area contributed by atoms with Crippen LogP contribution in [0, 0.1) is 0 Å². The molecule has 98 valence electrons. The van der Waals surface area contributed by atoms with E-state index in [-0.39, 0.29) is 23.8 Å². The van der Waals surface area contributed by atoms with Gasteiger partial charge in [0.25, 0.3) is 0 Å². The number of Topliss-reactive ketones (excluding diaryl/α,β-unsaturated/α-hetero) is 3. The van der Waals surface area contributed by atoms with E-state index in [0.29, 0.717) is 19.3 Å². The Morgan fingerprint density at radius 2 is 1.29 bits per heavy atom. The van der Waals surface area contributed by atoms with Gasteiger partial charge >= 0.3 is 0 Å². The molecule has 0 aliphatic heterocycles. The highest BCUT2D eigenvalue weighted by Crippen LogP contribution is 2.07. The SMILES string of the molecule is CCCCC(=O)CC(=O)CCCCCC(C)=O. The monoisotopic (exact) mass is 240 g/mol. The average molecular weight is 240 g/mol. The highest BCUT2D eigenvalue weighted by molar-refractivity contribution is 5.98. The van der Waals surface area contributed by atoms with Crippen LogP contribution in [0.25, 0.3) is 0 Å². The second kappa shape index (κ2) is 10.2. The van der Waals surface area contributed by atoms with E-state index in [0.717, 1.165) is 32.1 Å². The van der Waals surface area contributed by atoms with Gasteiger partial charge in [-0.2, -0.15) is 0 Å². The van der Waals surface area contributed by atoms with E-state index >= 15 is 0 Å². The lowest BCUT2D eigenvalue weighted by atomic mass is 10.0. The van der Waals surface area contributed by atoms with E-state index < -0.39 is 0 Å². The number of ketones is 3. The zero-order valence-corrected chi connectivity index (χ0v) is 11.1. The molecule has 0 aliphatic carbocycles. The minimum atomic E-state index is 0.0499. The third-order valence-corrected chi connectivity index (χ3v) is 2.69. The van der Waals surface area contributed by atoms with E-state index in [1.807, 2.05) is 6.92 Å². The molecule has 0 bridgehead atoms. The number of hydrogen-bond acceptors (Lipinski definition) is 3. The maximum atomic E-state index is 11.4. The van der Waals surface area contributed by atoms with Gasteiger partial charge < -0.3 is 4.79 Å². The summed E-state index contributed by atoms with van der Waals surface area (Å²) >= 11 is 0. The molecular formula is C14H24O3. The summed E-state index contributed by atoms with van der Waals surface area (Å²) in [7, 11) is 0. The Kier molecular flexibility index (Phi) is 9.59. The lowest BCUT2D eigenvalue weighted by Gasteiger charge is -2.00. The summed E-state index contributed by atoms with van der Waals surface area (Å²) in [4.78, 5) is 33.4. The van der Waals surface area contributed by atoms with Crippen molar-refractivity contribution in [1.29, 1.82) is 0 Å². The third-order valence-electron chi connectivity index (χ3n) is 2.69. The van der Waals surface area contributed by atoms with E-state index in [1.54, 1.807) is 6.92 Å². The zero-order chi connectivity index (χ0) is 13.1. The Morgan fingerprint density at radius 1 is 0.765 bits per heavy atom. The smallest absolute Gasteiger partial charge is 0.140 e. The average Bonchev–Trinajstić information content (AvgIpc) is 2.25. The summed E-state index contributed by atoms with van der Waals surface area (Å²) in [5.74, 6) is 0.320. The Bertz CT molecular complexity index is 256. The molecule has 0 aromatic carbocycles. The van der Waals surface area contributed by atoms with Crippen LogP contribution in [0.5, 0.6) is 0 Å². The zero-order valence-electron chi connectivity index (χ0n) is 11.1. The third kappa shape index (κ3) is 11.3. The topological polar surface area (TPSA) is 51.2 Å². The molecule has 0 aliphatic rings. The van der Waals surface area contributed by atoms with Crippen molar-refractivity contribution >= 4 is 17.3 Å². The summed E-state index contributed by atoms with van der Waals surface area (Å²) in [6.07, 6.45) is 6.14. The number of unbranched alkanes of at least 4 members (excludes halogenated alkanes) is 3. The van der Waals surface area contributed by atoms with Crippen LogP contribution in [-0.2, 0) is 14.4 Å². The van der Waals surface area contributed by atoms with Crippen LogP contribution in [0.3, 0.4) is 0 Å². The normalized spacial score (nSPS) is 10.2. The molecule has 0 rings (SSSR count). The fraction of sp³-hybridized carbons (Fsp3) is 0.786. The molecule has 3 heteroatoms. The first-order chi connectivity index (χ1) is 8.06. The van der Waals surface area contributed by atoms with Crippen molar-refractivity contribution in [2.75, 3.05) is 0 Å². The van der Waals surface area contributed by atoms with Gasteiger partial charge in [-0.15, -0.1) is 0 Å². The molecule has 0 atom stereocenters. The first-order valence-electron chi connectivity index (χ1n) is 6.59. The molecule has 0 radical (unpaired) electrons. The Labute approximate surface area is 104 Å². The number of carbonyl (C=O) groups excluding carboxylic acids is 3. The van der Waals surface area contributed by atoms with Gasteiger partial charge in [-0.05, 0) is 26.2 Å². The molecule has 0 unspecified atom stereocenters. The maximum absolute atomic E-state index is 11.4. The lowest BCUT2D eigenvalue weighted by Crippen LogP contribution is -2.07. The fourth-order valence-corrected chi connectivity index (χ4v) is 1.64. The fourth-order valence-electron chi connectivity index (χ4n) is 1.64. The predicted molar refractivity (Wildman–Crippen MR) is 67.9 cm³/mol. The summed E-state index contributed by atoms with van der Waals surface area (Å²) in [5.41, 5.74) is 0. The Hall–Kier alpha value is -0.990. The summed E-state index contributed by atoms with van der Waals surface area (Å²) in [5, 5.41) is 0. The minimum Gasteiger partial charge on any atom is -0.300 e. The summed E-state index contributed by atoms with van der Waals surface area (Å²) in [6.45, 7) is 3.61. The molecule has 17 heavy (non-hydrogen) atoms. The van der Waals surface area contributed by atoms with E-state index in [4.69, 9.17) is 0 Å². The molecule has 0 aromatic rings. The van der Waals surface area contributed by atoms with Gasteiger partial charge in [0.15, 0.2) is 0 Å². The van der Waals surface area contributed by atoms with Gasteiger partial charge in [-0.25, -0.2) is 0 Å². The second-order valence-corrected chi connectivity index (χ2v) is 4.62. The van der Waals surface area contributed by atoms with Gasteiger partial charge in [-0.3, -0.25) is 9.59 Å². The van der Waals surface area contributed by atoms with Gasteiger partial charge in [0.05, 0.1) is 6.42 Å². The van der Waals surface area contributed by atoms with Crippen LogP contribution in [0.1, 0.15) is 71.6 Å². The van der Waals surface area contributed by atoms with Crippen LogP contribution in [0.4, 0.5) is 0 Å². The van der Waals surface area contributed by atoms with Crippen LogP contribution in [0.2, 0.25) is 0 Å². The van der Waals surface area contributed by atoms with Crippen molar-refractivity contribution in [2.45, 2.75) is 71.6 Å². The molecular weight excluding hydrogens is 216 g/mol. The van der Waals surface area contributed by atoms with Crippen molar-refractivity contribution < 1.29 is 14.4 Å². The highest BCUT2D eigenvalue weighted by atomic mass is 16.1. The standard InChI is InChI=1S/C14H24O3/c1-3-4-9-13(16)11-14(17)10-7-5-6-8-12(2)15/h3-11H2,1-2H3. The number of hydrogen-bond donors (Lipinski definition) is 0. The minimum absolute atomic E-state index is 0.0499. The van der Waals surface area contributed by atoms with E-state index in [9.17, 15) is 14.4 Å². The second-order valence-electron chi connectivity index (χ2n) is 4.62. The van der Waals surface area contributed by atoms with Crippen LogP contribution >= 0.6 is 0 Å². The molecule has 0 fully saturated rings. The summed E-state index contributed by atoms with van der Waals surface area (Å²) in [6, 6.07) is 0. The molecule has 0 aromatic heterocycles. The van der Waals surface area contributed by atoms with Gasteiger partial charge in [0, 0.05) is 19.3 Å². The van der Waals surface area contributed by atoms with E-state index in [2.05, 4.69) is 0 Å². The molecule has 0 saturated carbocycles. The Morgan fingerprint density at radius 3 is 1.82 bits per heavy atom. The predicted octanol–water partition coefficient (Wildman–Crippen LogP) is 3.24. The van der Waals surface area contributed by atoms with Crippen molar-refractivity contribution in [3.8, 4) is 0 Å². The maximum Gasteiger partial charge on any atom is 0.140 e. The van der Waals surface area contributed by atoms with Crippen LogP contribution < -0.4 is 0 Å². The quantitative estimate of drug-likeness (QED) is 0.411. The van der Waals surface area contributed by atoms with Gasteiger partial charge in [0.2, 0.25) is 0 Å². The Balaban J connectivity index is 3.46. The van der Waals surface area contributed by atoms with Gasteiger partial charge in [-0.1, -0.05) is 19.8 Å². The van der Waals surface area contributed by atoms with Gasteiger partial charge in [0.1, 0.15) is 17.3 Å². The molecule has 0 spiro atoms.